The van der Waals surface area contributed by atoms with Crippen LogP contribution < -0.4 is 10.9 Å². The first-order chi connectivity index (χ1) is 13.8. The number of nitrogens with one attached hydrogen (secondary N) is 2. The third-order valence-corrected chi connectivity index (χ3v) is 6.16. The van der Waals surface area contributed by atoms with Gasteiger partial charge in [-0.15, -0.1) is 0 Å². The Kier molecular flexibility index (Phi) is 4.98. The minimum atomic E-state index is -0.215. The molecule has 154 valence electrons. The standard InChI is InChI=1S/C20H24ClN5O3/c1-10-6-12(9-22-18(10)27)20(29)25(3)15-7-13(8-15)23-19(28)16-11(2)24-26(17(16)21)14-4-5-14/h6,9,13-15H,4-5,7-8H2,1-3H3,(H,22,27)(H,23,28). The maximum absolute atomic E-state index is 12.7. The average molecular weight is 418 g/mol. The Morgan fingerprint density at radius 2 is 2.00 bits per heavy atom. The molecule has 0 saturated heterocycles. The molecule has 0 aromatic carbocycles. The number of hydrogen-bond donors (Lipinski definition) is 2. The van der Waals surface area contributed by atoms with Gasteiger partial charge in [-0.2, -0.15) is 5.10 Å². The lowest BCUT2D eigenvalue weighted by Gasteiger charge is -2.41. The molecule has 2 amide bonds. The molecule has 0 radical (unpaired) electrons. The van der Waals surface area contributed by atoms with Crippen molar-refractivity contribution >= 4 is 23.4 Å². The maximum Gasteiger partial charge on any atom is 0.256 e. The quantitative estimate of drug-likeness (QED) is 0.778. The summed E-state index contributed by atoms with van der Waals surface area (Å²) in [5.74, 6) is -0.364. The first-order valence-corrected chi connectivity index (χ1v) is 10.2. The van der Waals surface area contributed by atoms with Crippen LogP contribution in [0.4, 0.5) is 0 Å². The van der Waals surface area contributed by atoms with E-state index in [0.29, 0.717) is 46.4 Å². The molecule has 4 rings (SSSR count). The number of carbonyl (C=O) groups excluding carboxylic acids is 2. The van der Waals surface area contributed by atoms with Crippen LogP contribution in [0.2, 0.25) is 5.15 Å². The maximum atomic E-state index is 12.7. The largest absolute Gasteiger partial charge is 0.349 e. The van der Waals surface area contributed by atoms with Crippen LogP contribution in [0.25, 0.3) is 0 Å². The third-order valence-electron chi connectivity index (χ3n) is 5.80. The topological polar surface area (TPSA) is 100 Å². The van der Waals surface area contributed by atoms with E-state index in [2.05, 4.69) is 15.4 Å². The minimum Gasteiger partial charge on any atom is -0.349 e. The van der Waals surface area contributed by atoms with E-state index in [1.807, 2.05) is 0 Å². The second-order valence-electron chi connectivity index (χ2n) is 8.04. The number of rotatable bonds is 5. The zero-order valence-corrected chi connectivity index (χ0v) is 17.4. The van der Waals surface area contributed by atoms with Gasteiger partial charge in [0.1, 0.15) is 5.15 Å². The molecule has 0 spiro atoms. The molecule has 8 nitrogen and oxygen atoms in total. The monoisotopic (exact) mass is 417 g/mol. The van der Waals surface area contributed by atoms with Crippen LogP contribution in [0, 0.1) is 13.8 Å². The first kappa shape index (κ1) is 19.7. The number of aryl methyl sites for hydroxylation is 2. The van der Waals surface area contributed by atoms with Gasteiger partial charge in [-0.3, -0.25) is 14.4 Å². The molecule has 29 heavy (non-hydrogen) atoms. The van der Waals surface area contributed by atoms with E-state index in [-0.39, 0.29) is 29.5 Å². The number of pyridine rings is 1. The lowest BCUT2D eigenvalue weighted by Crippen LogP contribution is -2.54. The summed E-state index contributed by atoms with van der Waals surface area (Å²) in [4.78, 5) is 41.1. The Hall–Kier alpha value is -2.61. The molecule has 2 fully saturated rings. The van der Waals surface area contributed by atoms with Crippen molar-refractivity contribution in [2.45, 2.75) is 57.7 Å². The fraction of sp³-hybridized carbons (Fsp3) is 0.500. The fourth-order valence-corrected chi connectivity index (χ4v) is 4.11. The van der Waals surface area contributed by atoms with E-state index in [9.17, 15) is 14.4 Å². The summed E-state index contributed by atoms with van der Waals surface area (Å²) in [6.45, 7) is 3.46. The van der Waals surface area contributed by atoms with Gasteiger partial charge < -0.3 is 15.2 Å². The van der Waals surface area contributed by atoms with Crippen LogP contribution >= 0.6 is 11.6 Å². The molecule has 9 heteroatoms. The van der Waals surface area contributed by atoms with Crippen molar-refractivity contribution in [3.8, 4) is 0 Å². The summed E-state index contributed by atoms with van der Waals surface area (Å²) < 4.78 is 1.74. The zero-order chi connectivity index (χ0) is 20.9. The summed E-state index contributed by atoms with van der Waals surface area (Å²) in [6, 6.07) is 1.93. The summed E-state index contributed by atoms with van der Waals surface area (Å²) in [5, 5.41) is 7.81. The Morgan fingerprint density at radius 1 is 1.31 bits per heavy atom. The van der Waals surface area contributed by atoms with E-state index in [4.69, 9.17) is 11.6 Å². The molecule has 2 saturated carbocycles. The number of hydrogen-bond acceptors (Lipinski definition) is 4. The van der Waals surface area contributed by atoms with Gasteiger partial charge in [0.25, 0.3) is 17.4 Å². The molecule has 2 aromatic heterocycles. The molecule has 2 N–H and O–H groups in total. The molecule has 0 unspecified atom stereocenters. The summed E-state index contributed by atoms with van der Waals surface area (Å²) in [7, 11) is 1.74. The molecule has 2 aliphatic carbocycles. The van der Waals surface area contributed by atoms with E-state index < -0.39 is 0 Å². The number of amides is 2. The molecule has 2 aliphatic rings. The Labute approximate surface area is 173 Å². The van der Waals surface area contributed by atoms with Crippen molar-refractivity contribution in [1.82, 2.24) is 25.0 Å². The molecule has 2 aromatic rings. The second kappa shape index (κ2) is 7.33. The number of aromatic nitrogens is 3. The summed E-state index contributed by atoms with van der Waals surface area (Å²) >= 11 is 6.38. The smallest absolute Gasteiger partial charge is 0.256 e. The average Bonchev–Trinajstić information content (AvgIpc) is 3.44. The molecule has 0 bridgehead atoms. The molecular formula is C20H24ClN5O3. The molecular weight excluding hydrogens is 394 g/mol. The van der Waals surface area contributed by atoms with Crippen LogP contribution in [-0.4, -0.2) is 50.6 Å². The van der Waals surface area contributed by atoms with Gasteiger partial charge >= 0.3 is 0 Å². The Morgan fingerprint density at radius 3 is 2.62 bits per heavy atom. The lowest BCUT2D eigenvalue weighted by atomic mass is 9.85. The zero-order valence-electron chi connectivity index (χ0n) is 16.7. The predicted molar refractivity (Wildman–Crippen MR) is 108 cm³/mol. The van der Waals surface area contributed by atoms with E-state index in [1.54, 1.807) is 36.5 Å². The SMILES string of the molecule is Cc1nn(C2CC2)c(Cl)c1C(=O)NC1CC(N(C)C(=O)c2c[nH]c(=O)c(C)c2)C1. The molecule has 2 heterocycles. The van der Waals surface area contributed by atoms with Gasteiger partial charge in [0, 0.05) is 30.9 Å². The van der Waals surface area contributed by atoms with Gasteiger partial charge in [0.2, 0.25) is 0 Å². The van der Waals surface area contributed by atoms with Crippen LogP contribution in [0.5, 0.6) is 0 Å². The van der Waals surface area contributed by atoms with Gasteiger partial charge in [0.05, 0.1) is 22.9 Å². The van der Waals surface area contributed by atoms with Crippen molar-refractivity contribution in [1.29, 1.82) is 0 Å². The van der Waals surface area contributed by atoms with Crippen molar-refractivity contribution in [2.75, 3.05) is 7.05 Å². The fourth-order valence-electron chi connectivity index (χ4n) is 3.71. The van der Waals surface area contributed by atoms with Crippen molar-refractivity contribution in [3.63, 3.8) is 0 Å². The summed E-state index contributed by atoms with van der Waals surface area (Å²) in [5.41, 5.74) is 1.83. The van der Waals surface area contributed by atoms with Gasteiger partial charge in [-0.05, 0) is 45.6 Å². The molecule has 0 aliphatic heterocycles. The van der Waals surface area contributed by atoms with Crippen molar-refractivity contribution in [3.05, 3.63) is 50.2 Å². The Balaban J connectivity index is 1.35. The lowest BCUT2D eigenvalue weighted by molar-refractivity contribution is 0.0584. The number of carbonyl (C=O) groups is 2. The number of aromatic amines is 1. The number of halogens is 1. The third kappa shape index (κ3) is 3.69. The van der Waals surface area contributed by atoms with E-state index in [0.717, 1.165) is 12.8 Å². The van der Waals surface area contributed by atoms with Gasteiger partial charge in [0.15, 0.2) is 0 Å². The summed E-state index contributed by atoms with van der Waals surface area (Å²) in [6.07, 6.45) is 4.87. The van der Waals surface area contributed by atoms with Crippen LogP contribution in [0.15, 0.2) is 17.1 Å². The van der Waals surface area contributed by atoms with Crippen molar-refractivity contribution in [2.24, 2.45) is 0 Å². The predicted octanol–water partition coefficient (Wildman–Crippen LogP) is 2.21. The van der Waals surface area contributed by atoms with E-state index in [1.165, 1.54) is 6.20 Å². The van der Waals surface area contributed by atoms with Crippen LogP contribution in [0.3, 0.4) is 0 Å². The second-order valence-corrected chi connectivity index (χ2v) is 8.40. The van der Waals surface area contributed by atoms with Crippen molar-refractivity contribution < 1.29 is 9.59 Å². The van der Waals surface area contributed by atoms with Gasteiger partial charge in [-0.1, -0.05) is 11.6 Å². The number of nitrogens with zero attached hydrogens (tertiary/aromatic N) is 3. The highest BCUT2D eigenvalue weighted by molar-refractivity contribution is 6.33. The Bertz CT molecular complexity index is 1030. The number of H-pyrrole nitrogens is 1. The van der Waals surface area contributed by atoms with Crippen LogP contribution in [0.1, 0.15) is 63.7 Å². The first-order valence-electron chi connectivity index (χ1n) is 9.78. The normalized spacial score (nSPS) is 20.8. The van der Waals surface area contributed by atoms with E-state index >= 15 is 0 Å². The highest BCUT2D eigenvalue weighted by atomic mass is 35.5. The minimum absolute atomic E-state index is 0.0141. The highest BCUT2D eigenvalue weighted by Crippen LogP contribution is 2.38. The highest BCUT2D eigenvalue weighted by Gasteiger charge is 2.37. The van der Waals surface area contributed by atoms with Gasteiger partial charge in [-0.25, -0.2) is 4.68 Å². The molecule has 0 atom stereocenters. The van der Waals surface area contributed by atoms with Crippen LogP contribution in [-0.2, 0) is 0 Å².